The number of hydrogen-bond donors (Lipinski definition) is 0. The molecule has 2 aliphatic carbocycles. The molecule has 41 heavy (non-hydrogen) atoms. The largest absolute Gasteiger partial charge is 0.432 e. The maximum Gasteiger partial charge on any atom is 0.400 e. The summed E-state index contributed by atoms with van der Waals surface area (Å²) in [4.78, 5) is 0. The molecule has 0 aromatic heterocycles. The van der Waals surface area contributed by atoms with Crippen molar-refractivity contribution in [3.05, 3.63) is 64.7 Å². The van der Waals surface area contributed by atoms with Crippen LogP contribution in [0.25, 0.3) is 0 Å². The highest BCUT2D eigenvalue weighted by Crippen LogP contribution is 2.44. The lowest BCUT2D eigenvalue weighted by Gasteiger charge is -2.38. The van der Waals surface area contributed by atoms with E-state index in [0.717, 1.165) is 18.4 Å². The SMILES string of the molecule is CCCc1ccc(COC2CCC(C(F)(F)OC3CCC(C(F)(F)Oc4cc(F)c(F)c(F)c4)CC3)CC2)c(F)c1. The third-order valence-corrected chi connectivity index (χ3v) is 7.96. The van der Waals surface area contributed by atoms with Crippen LogP contribution in [0.3, 0.4) is 0 Å². The van der Waals surface area contributed by atoms with E-state index in [2.05, 4.69) is 4.74 Å². The molecule has 3 nitrogen and oxygen atoms in total. The number of aryl methyl sites for hydroxylation is 1. The van der Waals surface area contributed by atoms with E-state index in [1.54, 1.807) is 6.07 Å². The van der Waals surface area contributed by atoms with Crippen LogP contribution in [0.15, 0.2) is 30.3 Å². The van der Waals surface area contributed by atoms with Crippen molar-refractivity contribution in [2.45, 2.75) is 102 Å². The minimum absolute atomic E-state index is 0.0586. The second kappa shape index (κ2) is 13.3. The fourth-order valence-corrected chi connectivity index (χ4v) is 5.59. The molecule has 0 spiro atoms. The molecule has 0 unspecified atom stereocenters. The van der Waals surface area contributed by atoms with Crippen LogP contribution in [0.5, 0.6) is 5.75 Å². The molecule has 0 aliphatic heterocycles. The third kappa shape index (κ3) is 8.12. The van der Waals surface area contributed by atoms with Crippen LogP contribution in [-0.2, 0) is 22.5 Å². The van der Waals surface area contributed by atoms with Crippen molar-refractivity contribution in [1.82, 2.24) is 0 Å². The van der Waals surface area contributed by atoms with Gasteiger partial charge in [-0.15, -0.1) is 0 Å². The predicted molar refractivity (Wildman–Crippen MR) is 135 cm³/mol. The van der Waals surface area contributed by atoms with Crippen molar-refractivity contribution in [3.63, 3.8) is 0 Å². The second-order valence-electron chi connectivity index (χ2n) is 11.0. The van der Waals surface area contributed by atoms with Crippen molar-refractivity contribution < 1.29 is 49.3 Å². The molecule has 0 radical (unpaired) electrons. The zero-order valence-electron chi connectivity index (χ0n) is 22.7. The van der Waals surface area contributed by atoms with Crippen molar-refractivity contribution >= 4 is 0 Å². The van der Waals surface area contributed by atoms with E-state index >= 15 is 0 Å². The molecule has 2 aliphatic rings. The van der Waals surface area contributed by atoms with Crippen LogP contribution < -0.4 is 4.74 Å². The highest BCUT2D eigenvalue weighted by atomic mass is 19.3. The highest BCUT2D eigenvalue weighted by molar-refractivity contribution is 5.26. The van der Waals surface area contributed by atoms with E-state index < -0.39 is 53.4 Å². The molecule has 2 aromatic carbocycles. The van der Waals surface area contributed by atoms with Crippen LogP contribution >= 0.6 is 0 Å². The smallest absolute Gasteiger partial charge is 0.400 e. The van der Waals surface area contributed by atoms with Gasteiger partial charge in [-0.3, -0.25) is 0 Å². The van der Waals surface area contributed by atoms with Crippen LogP contribution in [-0.4, -0.2) is 24.4 Å². The zero-order valence-corrected chi connectivity index (χ0v) is 22.7. The Bertz CT molecular complexity index is 1140. The molecule has 0 atom stereocenters. The number of alkyl halides is 4. The summed E-state index contributed by atoms with van der Waals surface area (Å²) in [6.45, 7) is 2.07. The summed E-state index contributed by atoms with van der Waals surface area (Å²) >= 11 is 0. The van der Waals surface area contributed by atoms with Crippen LogP contribution in [0.4, 0.5) is 35.1 Å². The van der Waals surface area contributed by atoms with Crippen molar-refractivity contribution in [2.75, 3.05) is 0 Å². The van der Waals surface area contributed by atoms with Gasteiger partial charge in [0.2, 0.25) is 0 Å². The molecule has 228 valence electrons. The van der Waals surface area contributed by atoms with Crippen molar-refractivity contribution in [2.24, 2.45) is 11.8 Å². The lowest BCUT2D eigenvalue weighted by atomic mass is 9.85. The maximum absolute atomic E-state index is 15.0. The van der Waals surface area contributed by atoms with E-state index in [9.17, 15) is 35.1 Å². The van der Waals surface area contributed by atoms with Gasteiger partial charge in [-0.05, 0) is 69.4 Å². The monoisotopic (exact) mass is 594 g/mol. The minimum atomic E-state index is -3.84. The lowest BCUT2D eigenvalue weighted by molar-refractivity contribution is -0.306. The van der Waals surface area contributed by atoms with Gasteiger partial charge in [0.05, 0.1) is 30.7 Å². The van der Waals surface area contributed by atoms with Crippen LogP contribution in [0, 0.1) is 35.1 Å². The summed E-state index contributed by atoms with van der Waals surface area (Å²) in [5.41, 5.74) is 1.33. The van der Waals surface area contributed by atoms with E-state index in [-0.39, 0.29) is 57.1 Å². The Hall–Kier alpha value is -2.40. The second-order valence-corrected chi connectivity index (χ2v) is 11.0. The third-order valence-electron chi connectivity index (χ3n) is 7.96. The predicted octanol–water partition coefficient (Wildman–Crippen LogP) is 9.11. The average molecular weight is 595 g/mol. The zero-order chi connectivity index (χ0) is 29.8. The number of ether oxygens (including phenoxy) is 3. The summed E-state index contributed by atoms with van der Waals surface area (Å²) < 4.78 is 129. The molecule has 0 amide bonds. The number of halogens is 8. The standard InChI is InChI=1S/C30H34F8O3/c1-2-3-18-4-5-19(25(31)14-18)17-39-22-10-6-20(7-11-22)29(35,36)40-23-12-8-21(9-13-23)30(37,38)41-24-15-26(32)28(34)27(33)16-24/h4-5,14-16,20-23H,2-3,6-13,17H2,1H3. The highest BCUT2D eigenvalue weighted by Gasteiger charge is 2.48. The summed E-state index contributed by atoms with van der Waals surface area (Å²) in [6, 6.07) is 5.68. The van der Waals surface area contributed by atoms with Gasteiger partial charge in [-0.2, -0.15) is 17.6 Å². The van der Waals surface area contributed by atoms with Gasteiger partial charge >= 0.3 is 12.2 Å². The lowest BCUT2D eigenvalue weighted by Crippen LogP contribution is -2.42. The summed E-state index contributed by atoms with van der Waals surface area (Å²) in [5.74, 6) is -8.80. The maximum atomic E-state index is 15.0. The number of benzene rings is 2. The quantitative estimate of drug-likeness (QED) is 0.192. The van der Waals surface area contributed by atoms with Gasteiger partial charge < -0.3 is 14.2 Å². The van der Waals surface area contributed by atoms with Crippen LogP contribution in [0.2, 0.25) is 0 Å². The Morgan fingerprint density at radius 1 is 0.707 bits per heavy atom. The summed E-state index contributed by atoms with van der Waals surface area (Å²) in [6.07, 6.45) is -6.40. The fourth-order valence-electron chi connectivity index (χ4n) is 5.59. The molecule has 11 heteroatoms. The first-order chi connectivity index (χ1) is 19.4. The van der Waals surface area contributed by atoms with Gasteiger partial charge in [0.15, 0.2) is 17.5 Å². The first-order valence-electron chi connectivity index (χ1n) is 14.0. The van der Waals surface area contributed by atoms with Gasteiger partial charge in [0, 0.05) is 17.7 Å². The van der Waals surface area contributed by atoms with Gasteiger partial charge in [0.1, 0.15) is 11.6 Å². The van der Waals surface area contributed by atoms with E-state index in [1.165, 1.54) is 6.07 Å². The summed E-state index contributed by atoms with van der Waals surface area (Å²) in [7, 11) is 0. The molecule has 0 heterocycles. The molecule has 2 saturated carbocycles. The Morgan fingerprint density at radius 2 is 1.27 bits per heavy atom. The molecular weight excluding hydrogens is 560 g/mol. The first-order valence-corrected chi connectivity index (χ1v) is 14.0. The Morgan fingerprint density at radius 3 is 1.83 bits per heavy atom. The molecule has 2 fully saturated rings. The number of hydrogen-bond acceptors (Lipinski definition) is 3. The first kappa shape index (κ1) is 31.5. The average Bonchev–Trinajstić information content (AvgIpc) is 2.91. The Kier molecular flexibility index (Phi) is 10.2. The topological polar surface area (TPSA) is 27.7 Å². The molecule has 4 rings (SSSR count). The Balaban J connectivity index is 1.21. The number of rotatable bonds is 11. The minimum Gasteiger partial charge on any atom is -0.432 e. The molecule has 0 N–H and O–H groups in total. The normalized spacial score (nSPS) is 23.9. The van der Waals surface area contributed by atoms with Crippen molar-refractivity contribution in [1.29, 1.82) is 0 Å². The van der Waals surface area contributed by atoms with Crippen LogP contribution in [0.1, 0.15) is 75.8 Å². The molecule has 2 aromatic rings. The molecule has 0 bridgehead atoms. The van der Waals surface area contributed by atoms with E-state index in [0.29, 0.717) is 30.5 Å². The summed E-state index contributed by atoms with van der Waals surface area (Å²) in [5, 5.41) is 0. The fraction of sp³-hybridized carbons (Fsp3) is 0.600. The molecular formula is C30H34F8O3. The van der Waals surface area contributed by atoms with Gasteiger partial charge in [-0.25, -0.2) is 17.6 Å². The van der Waals surface area contributed by atoms with E-state index in [4.69, 9.17) is 9.47 Å². The van der Waals surface area contributed by atoms with Gasteiger partial charge in [-0.1, -0.05) is 25.5 Å². The van der Waals surface area contributed by atoms with Gasteiger partial charge in [0.25, 0.3) is 0 Å². The molecule has 0 saturated heterocycles. The Labute approximate surface area is 234 Å². The van der Waals surface area contributed by atoms with Crippen molar-refractivity contribution in [3.8, 4) is 5.75 Å². The van der Waals surface area contributed by atoms with E-state index in [1.807, 2.05) is 13.0 Å².